The van der Waals surface area contributed by atoms with E-state index in [9.17, 15) is 0 Å². The minimum Gasteiger partial charge on any atom is -0.486 e. The average Bonchev–Trinajstić information content (AvgIpc) is 2.74. The van der Waals surface area contributed by atoms with Crippen LogP contribution in [0, 0.1) is 0 Å². The monoisotopic (exact) mass is 363 g/mol. The van der Waals surface area contributed by atoms with Gasteiger partial charge in [-0.25, -0.2) is 0 Å². The Morgan fingerprint density at radius 2 is 1.30 bits per heavy atom. The van der Waals surface area contributed by atoms with Crippen LogP contribution in [0.3, 0.4) is 0 Å². The van der Waals surface area contributed by atoms with Gasteiger partial charge in [0, 0.05) is 17.3 Å². The molecule has 0 aliphatic carbocycles. The van der Waals surface area contributed by atoms with E-state index >= 15 is 0 Å². The van der Waals surface area contributed by atoms with Crippen LogP contribution in [0.2, 0.25) is 0 Å². The minimum atomic E-state index is 0.556. The summed E-state index contributed by atoms with van der Waals surface area (Å²) in [5, 5.41) is 11.8. The van der Waals surface area contributed by atoms with Crippen molar-refractivity contribution in [1.29, 1.82) is 0 Å². The Balaban J connectivity index is 1.34. The highest BCUT2D eigenvalue weighted by molar-refractivity contribution is 5.66. The predicted molar refractivity (Wildman–Crippen MR) is 99.2 cm³/mol. The zero-order valence-corrected chi connectivity index (χ0v) is 14.5. The van der Waals surface area contributed by atoms with E-state index in [1.54, 1.807) is 0 Å². The smallest absolute Gasteiger partial charge is 0.163 e. The highest BCUT2D eigenvalue weighted by Crippen LogP contribution is 2.35. The van der Waals surface area contributed by atoms with E-state index in [1.165, 1.54) is 0 Å². The molecule has 5 rings (SSSR count). The molecule has 136 valence electrons. The summed E-state index contributed by atoms with van der Waals surface area (Å²) in [5.41, 5.74) is 2.55. The molecule has 7 heteroatoms. The molecule has 2 aliphatic rings. The van der Waals surface area contributed by atoms with Crippen LogP contribution in [0.5, 0.6) is 23.0 Å². The van der Waals surface area contributed by atoms with Crippen molar-refractivity contribution in [2.24, 2.45) is 0 Å². The number of nitrogens with zero attached hydrogens (tertiary/aromatic N) is 2. The number of nitrogens with one attached hydrogen (secondary N) is 1. The van der Waals surface area contributed by atoms with Crippen molar-refractivity contribution in [2.45, 2.75) is 0 Å². The van der Waals surface area contributed by atoms with E-state index in [2.05, 4.69) is 15.5 Å². The molecular formula is C20H17N3O4. The molecule has 0 amide bonds. The van der Waals surface area contributed by atoms with Gasteiger partial charge >= 0.3 is 0 Å². The quantitative estimate of drug-likeness (QED) is 0.764. The van der Waals surface area contributed by atoms with Crippen molar-refractivity contribution < 1.29 is 18.9 Å². The number of rotatable bonds is 3. The number of ether oxygens (including phenoxy) is 4. The molecule has 0 radical (unpaired) electrons. The zero-order chi connectivity index (χ0) is 18.1. The van der Waals surface area contributed by atoms with Gasteiger partial charge in [0.1, 0.15) is 26.4 Å². The third-order valence-electron chi connectivity index (χ3n) is 4.32. The Hall–Kier alpha value is -3.48. The summed E-state index contributed by atoms with van der Waals surface area (Å²) in [7, 11) is 0. The Kier molecular flexibility index (Phi) is 3.90. The lowest BCUT2D eigenvalue weighted by molar-refractivity contribution is 0.171. The number of hydrogen-bond donors (Lipinski definition) is 1. The van der Waals surface area contributed by atoms with Gasteiger partial charge in [0.25, 0.3) is 0 Å². The molecule has 3 heterocycles. The standard InChI is InChI=1S/C20H17N3O4/c1-4-16-18(26-9-7-24-16)11-13(1)15-3-6-20(23-22-15)21-14-2-5-17-19(12-14)27-10-8-25-17/h1-6,11-12H,7-10H2,(H,21,23). The van der Waals surface area contributed by atoms with Gasteiger partial charge in [-0.3, -0.25) is 0 Å². The first-order valence-corrected chi connectivity index (χ1v) is 8.76. The van der Waals surface area contributed by atoms with E-state index in [0.29, 0.717) is 32.2 Å². The summed E-state index contributed by atoms with van der Waals surface area (Å²) < 4.78 is 22.3. The van der Waals surface area contributed by atoms with Gasteiger partial charge in [-0.15, -0.1) is 10.2 Å². The van der Waals surface area contributed by atoms with Gasteiger partial charge in [0.15, 0.2) is 28.8 Å². The molecule has 1 aromatic heterocycles. The van der Waals surface area contributed by atoms with Crippen molar-refractivity contribution in [2.75, 3.05) is 31.7 Å². The summed E-state index contributed by atoms with van der Waals surface area (Å²) in [5.74, 6) is 3.63. The van der Waals surface area contributed by atoms with Crippen LogP contribution in [0.25, 0.3) is 11.3 Å². The maximum Gasteiger partial charge on any atom is 0.163 e. The first kappa shape index (κ1) is 15.7. The Bertz CT molecular complexity index is 975. The Morgan fingerprint density at radius 3 is 2.00 bits per heavy atom. The summed E-state index contributed by atoms with van der Waals surface area (Å²) >= 11 is 0. The highest BCUT2D eigenvalue weighted by Gasteiger charge is 2.14. The fourth-order valence-electron chi connectivity index (χ4n) is 3.02. The Morgan fingerprint density at radius 1 is 0.630 bits per heavy atom. The third kappa shape index (κ3) is 3.19. The zero-order valence-electron chi connectivity index (χ0n) is 14.5. The van der Waals surface area contributed by atoms with Crippen molar-refractivity contribution in [3.63, 3.8) is 0 Å². The van der Waals surface area contributed by atoms with Gasteiger partial charge in [0.05, 0.1) is 5.69 Å². The molecule has 2 aromatic carbocycles. The molecule has 0 atom stereocenters. The maximum atomic E-state index is 5.63. The SMILES string of the molecule is c1cc2c(cc1Nc1ccc(-c3ccc4c(c3)OCCO4)nn1)OCCO2. The lowest BCUT2D eigenvalue weighted by Crippen LogP contribution is -2.15. The molecule has 0 bridgehead atoms. The maximum absolute atomic E-state index is 5.63. The van der Waals surface area contributed by atoms with Crippen LogP contribution in [-0.4, -0.2) is 36.6 Å². The number of benzene rings is 2. The highest BCUT2D eigenvalue weighted by atomic mass is 16.6. The summed E-state index contributed by atoms with van der Waals surface area (Å²) in [6.07, 6.45) is 0. The number of hydrogen-bond acceptors (Lipinski definition) is 7. The molecule has 7 nitrogen and oxygen atoms in total. The summed E-state index contributed by atoms with van der Waals surface area (Å²) in [6, 6.07) is 15.3. The van der Waals surface area contributed by atoms with Gasteiger partial charge in [-0.05, 0) is 42.5 Å². The molecule has 0 saturated carbocycles. The van der Waals surface area contributed by atoms with Crippen molar-refractivity contribution in [3.8, 4) is 34.3 Å². The second kappa shape index (κ2) is 6.68. The normalized spacial score (nSPS) is 14.5. The molecule has 0 fully saturated rings. The van der Waals surface area contributed by atoms with Crippen LogP contribution in [0.15, 0.2) is 48.5 Å². The van der Waals surface area contributed by atoms with Crippen LogP contribution < -0.4 is 24.3 Å². The summed E-state index contributed by atoms with van der Waals surface area (Å²) in [4.78, 5) is 0. The molecule has 0 unspecified atom stereocenters. The largest absolute Gasteiger partial charge is 0.486 e. The average molecular weight is 363 g/mol. The van der Waals surface area contributed by atoms with Gasteiger partial charge in [0.2, 0.25) is 0 Å². The minimum absolute atomic E-state index is 0.556. The third-order valence-corrected chi connectivity index (χ3v) is 4.32. The second-order valence-corrected chi connectivity index (χ2v) is 6.15. The van der Waals surface area contributed by atoms with E-state index in [4.69, 9.17) is 18.9 Å². The first-order valence-electron chi connectivity index (χ1n) is 8.76. The molecular weight excluding hydrogens is 346 g/mol. The Labute approximate surface area is 155 Å². The number of aromatic nitrogens is 2. The lowest BCUT2D eigenvalue weighted by atomic mass is 10.1. The topological polar surface area (TPSA) is 74.7 Å². The molecule has 0 spiro atoms. The van der Waals surface area contributed by atoms with Gasteiger partial charge in [-0.2, -0.15) is 0 Å². The van der Waals surface area contributed by atoms with Crippen LogP contribution in [0.1, 0.15) is 0 Å². The molecule has 3 aromatic rings. The summed E-state index contributed by atoms with van der Waals surface area (Å²) in [6.45, 7) is 2.26. The van der Waals surface area contributed by atoms with Gasteiger partial charge < -0.3 is 24.3 Å². The fourth-order valence-corrected chi connectivity index (χ4v) is 3.02. The van der Waals surface area contributed by atoms with Crippen molar-refractivity contribution in [1.82, 2.24) is 10.2 Å². The molecule has 27 heavy (non-hydrogen) atoms. The van der Waals surface area contributed by atoms with E-state index < -0.39 is 0 Å². The van der Waals surface area contributed by atoms with Crippen LogP contribution >= 0.6 is 0 Å². The van der Waals surface area contributed by atoms with E-state index in [0.717, 1.165) is 39.9 Å². The molecule has 2 aliphatic heterocycles. The van der Waals surface area contributed by atoms with Gasteiger partial charge in [-0.1, -0.05) is 0 Å². The fraction of sp³-hybridized carbons (Fsp3) is 0.200. The number of fused-ring (bicyclic) bond motifs is 2. The molecule has 0 saturated heterocycles. The van der Waals surface area contributed by atoms with Crippen LogP contribution in [0.4, 0.5) is 11.5 Å². The number of anilines is 2. The first-order chi connectivity index (χ1) is 13.3. The van der Waals surface area contributed by atoms with Crippen molar-refractivity contribution >= 4 is 11.5 Å². The van der Waals surface area contributed by atoms with Crippen LogP contribution in [-0.2, 0) is 0 Å². The lowest BCUT2D eigenvalue weighted by Gasteiger charge is -2.19. The molecule has 1 N–H and O–H groups in total. The predicted octanol–water partition coefficient (Wildman–Crippen LogP) is 3.43. The van der Waals surface area contributed by atoms with E-state index in [-0.39, 0.29) is 0 Å². The van der Waals surface area contributed by atoms with Crippen molar-refractivity contribution in [3.05, 3.63) is 48.5 Å². The second-order valence-electron chi connectivity index (χ2n) is 6.15. The van der Waals surface area contributed by atoms with E-state index in [1.807, 2.05) is 48.5 Å².